The number of hydrogen-bond acceptors (Lipinski definition) is 4. The molecule has 0 spiro atoms. The summed E-state index contributed by atoms with van der Waals surface area (Å²) in [4.78, 5) is 12.2. The maximum atomic E-state index is 13.9. The smallest absolute Gasteiger partial charge is 0.123 e. The van der Waals surface area contributed by atoms with Gasteiger partial charge in [0, 0.05) is 40.0 Å². The van der Waals surface area contributed by atoms with E-state index in [1.165, 1.54) is 12.1 Å². The lowest BCUT2D eigenvalue weighted by molar-refractivity contribution is 0.628. The van der Waals surface area contributed by atoms with Crippen molar-refractivity contribution in [2.24, 2.45) is 5.92 Å². The number of pyridine rings is 2. The van der Waals surface area contributed by atoms with Crippen LogP contribution in [0.5, 0.6) is 0 Å². The van der Waals surface area contributed by atoms with Crippen molar-refractivity contribution in [3.05, 3.63) is 97.5 Å². The molecule has 0 saturated carbocycles. The zero-order valence-electron chi connectivity index (χ0n) is 20.5. The van der Waals surface area contributed by atoms with Gasteiger partial charge in [-0.25, -0.2) is 4.39 Å². The Morgan fingerprint density at radius 1 is 0.865 bits per heavy atom. The summed E-state index contributed by atoms with van der Waals surface area (Å²) in [6.45, 7) is 8.30. The summed E-state index contributed by atoms with van der Waals surface area (Å²) in [5, 5.41) is 13.0. The van der Waals surface area contributed by atoms with Crippen LogP contribution in [0.3, 0.4) is 0 Å². The van der Waals surface area contributed by atoms with Gasteiger partial charge in [-0.15, -0.1) is 0 Å². The van der Waals surface area contributed by atoms with Gasteiger partial charge in [-0.2, -0.15) is 5.10 Å². The SMILES string of the molecule is C=C(Nc1cncc(-c2ccc3[nH]nc(-c4cc5c(-c6cccc(F)c6)cncc5[nH]4)c3c2)c1)C(C)C. The topological polar surface area (TPSA) is 82.3 Å². The average Bonchev–Trinajstić information content (AvgIpc) is 3.52. The van der Waals surface area contributed by atoms with E-state index >= 15 is 0 Å². The fourth-order valence-electron chi connectivity index (χ4n) is 4.46. The molecule has 0 atom stereocenters. The summed E-state index contributed by atoms with van der Waals surface area (Å²) in [6.07, 6.45) is 7.19. The molecule has 0 aliphatic carbocycles. The molecule has 0 saturated heterocycles. The van der Waals surface area contributed by atoms with Crippen LogP contribution in [-0.2, 0) is 0 Å². The van der Waals surface area contributed by atoms with Gasteiger partial charge < -0.3 is 10.3 Å². The first-order valence-electron chi connectivity index (χ1n) is 12.1. The second kappa shape index (κ2) is 9.02. The van der Waals surface area contributed by atoms with Gasteiger partial charge in [-0.05, 0) is 53.4 Å². The molecule has 6 rings (SSSR count). The molecule has 2 aromatic carbocycles. The van der Waals surface area contributed by atoms with Gasteiger partial charge >= 0.3 is 0 Å². The maximum absolute atomic E-state index is 13.9. The van der Waals surface area contributed by atoms with Crippen molar-refractivity contribution in [3.63, 3.8) is 0 Å². The molecule has 6 nitrogen and oxygen atoms in total. The number of H-pyrrole nitrogens is 2. The molecule has 37 heavy (non-hydrogen) atoms. The zero-order chi connectivity index (χ0) is 25.5. The third-order valence-electron chi connectivity index (χ3n) is 6.57. The lowest BCUT2D eigenvalue weighted by Gasteiger charge is -2.13. The summed E-state index contributed by atoms with van der Waals surface area (Å²) in [5.74, 6) is 0.0415. The van der Waals surface area contributed by atoms with Crippen molar-refractivity contribution in [1.29, 1.82) is 0 Å². The van der Waals surface area contributed by atoms with Crippen molar-refractivity contribution in [2.45, 2.75) is 13.8 Å². The fourth-order valence-corrected chi connectivity index (χ4v) is 4.46. The van der Waals surface area contributed by atoms with Gasteiger partial charge in [-0.3, -0.25) is 15.1 Å². The molecule has 182 valence electrons. The van der Waals surface area contributed by atoms with Crippen LogP contribution in [0.15, 0.2) is 91.7 Å². The van der Waals surface area contributed by atoms with Crippen LogP contribution < -0.4 is 5.32 Å². The molecule has 0 fully saturated rings. The maximum Gasteiger partial charge on any atom is 0.123 e. The summed E-state index contributed by atoms with van der Waals surface area (Å²) in [7, 11) is 0. The van der Waals surface area contributed by atoms with Gasteiger partial charge in [0.2, 0.25) is 0 Å². The Hall–Kier alpha value is -4.78. The first-order valence-corrected chi connectivity index (χ1v) is 12.1. The summed E-state index contributed by atoms with van der Waals surface area (Å²) >= 11 is 0. The molecule has 7 heteroatoms. The number of nitrogens with zero attached hydrogens (tertiary/aromatic N) is 3. The van der Waals surface area contributed by atoms with Crippen LogP contribution in [0.4, 0.5) is 10.1 Å². The first kappa shape index (κ1) is 22.7. The quantitative estimate of drug-likeness (QED) is 0.226. The van der Waals surface area contributed by atoms with Crippen molar-refractivity contribution in [1.82, 2.24) is 25.1 Å². The largest absolute Gasteiger partial charge is 0.358 e. The summed E-state index contributed by atoms with van der Waals surface area (Å²) in [5.41, 5.74) is 8.93. The first-order chi connectivity index (χ1) is 18.0. The lowest BCUT2D eigenvalue weighted by Crippen LogP contribution is -2.04. The fraction of sp³-hybridized carbons (Fsp3) is 0.100. The summed E-state index contributed by atoms with van der Waals surface area (Å²) in [6, 6.07) is 16.9. The normalized spacial score (nSPS) is 11.5. The number of allylic oxidation sites excluding steroid dienone is 1. The van der Waals surface area contributed by atoms with Crippen molar-refractivity contribution in [3.8, 4) is 33.6 Å². The highest BCUT2D eigenvalue weighted by Gasteiger charge is 2.15. The number of rotatable bonds is 6. The second-order valence-electron chi connectivity index (χ2n) is 9.44. The Labute approximate surface area is 213 Å². The highest BCUT2D eigenvalue weighted by molar-refractivity contribution is 6.01. The van der Waals surface area contributed by atoms with Crippen LogP contribution in [0.1, 0.15) is 13.8 Å². The van der Waals surface area contributed by atoms with Gasteiger partial charge in [0.25, 0.3) is 0 Å². The number of aromatic nitrogens is 5. The van der Waals surface area contributed by atoms with Crippen molar-refractivity contribution in [2.75, 3.05) is 5.32 Å². The number of nitrogens with one attached hydrogen (secondary N) is 3. The summed E-state index contributed by atoms with van der Waals surface area (Å²) < 4.78 is 13.9. The molecule has 0 unspecified atom stereocenters. The molecule has 0 bridgehead atoms. The van der Waals surface area contributed by atoms with Crippen molar-refractivity contribution < 1.29 is 4.39 Å². The molecule has 0 amide bonds. The highest BCUT2D eigenvalue weighted by Crippen LogP contribution is 2.35. The minimum Gasteiger partial charge on any atom is -0.358 e. The van der Waals surface area contributed by atoms with E-state index in [9.17, 15) is 4.39 Å². The Morgan fingerprint density at radius 2 is 1.73 bits per heavy atom. The Morgan fingerprint density at radius 3 is 2.57 bits per heavy atom. The van der Waals surface area contributed by atoms with Crippen LogP contribution in [0.2, 0.25) is 0 Å². The predicted molar refractivity (Wildman–Crippen MR) is 147 cm³/mol. The standard InChI is InChI=1S/C30H25FN6/c1-17(2)18(3)34-23-10-21(13-32-14-23)19-7-8-27-25(11-19)30(37-36-27)28-12-24-26(15-33-16-29(24)35-28)20-5-4-6-22(31)9-20/h4-17,34-35H,3H2,1-2H3,(H,36,37). The van der Waals surface area contributed by atoms with E-state index in [1.54, 1.807) is 24.7 Å². The Kier molecular flexibility index (Phi) is 5.53. The zero-order valence-corrected chi connectivity index (χ0v) is 20.5. The van der Waals surface area contributed by atoms with Crippen molar-refractivity contribution >= 4 is 27.5 Å². The molecule has 6 aromatic rings. The second-order valence-corrected chi connectivity index (χ2v) is 9.44. The number of hydrogen-bond donors (Lipinski definition) is 3. The number of fused-ring (bicyclic) bond motifs is 2. The molecule has 3 N–H and O–H groups in total. The van der Waals surface area contributed by atoms with E-state index in [1.807, 2.05) is 24.4 Å². The monoisotopic (exact) mass is 488 g/mol. The van der Waals surface area contributed by atoms with Gasteiger partial charge in [0.15, 0.2) is 0 Å². The van der Waals surface area contributed by atoms with E-state index < -0.39 is 0 Å². The minimum atomic E-state index is -0.279. The molecular formula is C30H25FN6. The molecule has 4 heterocycles. The molecule has 0 aliphatic rings. The lowest BCUT2D eigenvalue weighted by atomic mass is 10.0. The number of aromatic amines is 2. The molecule has 4 aromatic heterocycles. The number of anilines is 1. The third kappa shape index (κ3) is 4.25. The Bertz CT molecular complexity index is 1780. The van der Waals surface area contributed by atoms with E-state index in [-0.39, 0.29) is 5.82 Å². The minimum absolute atomic E-state index is 0.279. The van der Waals surface area contributed by atoms with Crippen LogP contribution in [0.25, 0.3) is 55.4 Å². The van der Waals surface area contributed by atoms with Crippen LogP contribution in [-0.4, -0.2) is 25.1 Å². The van der Waals surface area contributed by atoms with Crippen LogP contribution >= 0.6 is 0 Å². The number of halogens is 1. The number of benzene rings is 2. The van der Waals surface area contributed by atoms with E-state index in [0.29, 0.717) is 5.92 Å². The predicted octanol–water partition coefficient (Wildman–Crippen LogP) is 7.56. The highest BCUT2D eigenvalue weighted by atomic mass is 19.1. The van der Waals surface area contributed by atoms with E-state index in [4.69, 9.17) is 0 Å². The van der Waals surface area contributed by atoms with E-state index in [0.717, 1.165) is 66.8 Å². The van der Waals surface area contributed by atoms with Crippen LogP contribution in [0, 0.1) is 11.7 Å². The molecular weight excluding hydrogens is 463 g/mol. The molecule has 0 radical (unpaired) electrons. The van der Waals surface area contributed by atoms with Gasteiger partial charge in [0.05, 0.1) is 34.8 Å². The van der Waals surface area contributed by atoms with Gasteiger partial charge in [-0.1, -0.05) is 38.6 Å². The average molecular weight is 489 g/mol. The van der Waals surface area contributed by atoms with E-state index in [2.05, 4.69) is 69.1 Å². The molecule has 0 aliphatic heterocycles. The Balaban J connectivity index is 1.41. The van der Waals surface area contributed by atoms with Gasteiger partial charge in [0.1, 0.15) is 11.5 Å². The third-order valence-corrected chi connectivity index (χ3v) is 6.57.